The predicted molar refractivity (Wildman–Crippen MR) is 69.9 cm³/mol. The molecule has 0 amide bonds. The Morgan fingerprint density at radius 2 is 1.94 bits per heavy atom. The lowest BCUT2D eigenvalue weighted by Crippen LogP contribution is -2.37. The van der Waals surface area contributed by atoms with E-state index in [0.717, 1.165) is 10.0 Å². The number of halogens is 2. The third-order valence-corrected chi connectivity index (χ3v) is 3.29. The Labute approximate surface area is 106 Å². The molecule has 0 saturated carbocycles. The molecule has 0 aliphatic heterocycles. The number of hydrogen-bond acceptors (Lipinski definition) is 1. The monoisotopic (exact) mass is 287 g/mol. The maximum Gasteiger partial charge on any atom is 0.124 e. The molecule has 0 aromatic heterocycles. The van der Waals surface area contributed by atoms with Crippen LogP contribution in [-0.4, -0.2) is 6.04 Å². The summed E-state index contributed by atoms with van der Waals surface area (Å²) in [6.07, 6.45) is 0. The van der Waals surface area contributed by atoms with Crippen LogP contribution < -0.4 is 5.32 Å². The van der Waals surface area contributed by atoms with E-state index in [9.17, 15) is 4.39 Å². The van der Waals surface area contributed by atoms with Crippen molar-refractivity contribution in [3.05, 3.63) is 34.1 Å². The van der Waals surface area contributed by atoms with Gasteiger partial charge in [-0.15, -0.1) is 0 Å². The second-order valence-corrected chi connectivity index (χ2v) is 6.16. The summed E-state index contributed by atoms with van der Waals surface area (Å²) in [5.74, 6) is -0.199. The first-order chi connectivity index (χ1) is 7.29. The number of rotatable bonds is 3. The average molecular weight is 288 g/mol. The Kier molecular flexibility index (Phi) is 4.51. The predicted octanol–water partition coefficient (Wildman–Crippen LogP) is 4.11. The minimum Gasteiger partial charge on any atom is -0.310 e. The molecule has 1 aromatic carbocycles. The van der Waals surface area contributed by atoms with Crippen molar-refractivity contribution in [1.29, 1.82) is 0 Å². The Balaban J connectivity index is 2.61. The summed E-state index contributed by atoms with van der Waals surface area (Å²) in [5, 5.41) is 3.41. The van der Waals surface area contributed by atoms with Gasteiger partial charge in [0.05, 0.1) is 0 Å². The fourth-order valence-corrected chi connectivity index (χ4v) is 1.80. The van der Waals surface area contributed by atoms with Crippen LogP contribution in [-0.2, 0) is 6.54 Å². The van der Waals surface area contributed by atoms with Gasteiger partial charge in [-0.1, -0.05) is 36.7 Å². The molecule has 0 saturated heterocycles. The number of nitrogens with one attached hydrogen (secondary N) is 1. The van der Waals surface area contributed by atoms with E-state index in [-0.39, 0.29) is 11.2 Å². The highest BCUT2D eigenvalue weighted by molar-refractivity contribution is 9.10. The zero-order chi connectivity index (χ0) is 12.3. The maximum absolute atomic E-state index is 13.1. The Morgan fingerprint density at radius 3 is 2.44 bits per heavy atom. The van der Waals surface area contributed by atoms with Gasteiger partial charge in [-0.2, -0.15) is 0 Å². The van der Waals surface area contributed by atoms with Crippen LogP contribution in [0.25, 0.3) is 0 Å². The molecule has 90 valence electrons. The van der Waals surface area contributed by atoms with Gasteiger partial charge in [0.15, 0.2) is 0 Å². The summed E-state index contributed by atoms with van der Waals surface area (Å²) in [4.78, 5) is 0. The molecular weight excluding hydrogens is 269 g/mol. The van der Waals surface area contributed by atoms with Crippen molar-refractivity contribution in [2.24, 2.45) is 5.41 Å². The van der Waals surface area contributed by atoms with Gasteiger partial charge in [-0.3, -0.25) is 0 Å². The number of hydrogen-bond donors (Lipinski definition) is 1. The molecule has 1 aromatic rings. The van der Waals surface area contributed by atoms with Crippen molar-refractivity contribution in [3.63, 3.8) is 0 Å². The molecule has 0 aliphatic rings. The van der Waals surface area contributed by atoms with Crippen LogP contribution in [0.15, 0.2) is 22.7 Å². The van der Waals surface area contributed by atoms with Gasteiger partial charge in [0, 0.05) is 17.1 Å². The summed E-state index contributed by atoms with van der Waals surface area (Å²) in [5.41, 5.74) is 1.17. The summed E-state index contributed by atoms with van der Waals surface area (Å²) in [6.45, 7) is 9.40. The third kappa shape index (κ3) is 4.22. The van der Waals surface area contributed by atoms with Gasteiger partial charge in [-0.05, 0) is 36.1 Å². The highest BCUT2D eigenvalue weighted by atomic mass is 79.9. The van der Waals surface area contributed by atoms with E-state index in [1.807, 2.05) is 6.07 Å². The van der Waals surface area contributed by atoms with Gasteiger partial charge in [0.25, 0.3) is 0 Å². The minimum absolute atomic E-state index is 0.199. The molecule has 1 rings (SSSR count). The Hall–Kier alpha value is -0.410. The second-order valence-electron chi connectivity index (χ2n) is 5.25. The van der Waals surface area contributed by atoms with Crippen molar-refractivity contribution in [2.45, 2.75) is 40.3 Å². The first kappa shape index (κ1) is 13.7. The van der Waals surface area contributed by atoms with Gasteiger partial charge < -0.3 is 5.32 Å². The molecule has 1 N–H and O–H groups in total. The fraction of sp³-hybridized carbons (Fsp3) is 0.538. The SMILES string of the molecule is CC(NCc1cc(F)cc(Br)c1)C(C)(C)C. The second kappa shape index (κ2) is 5.28. The third-order valence-electron chi connectivity index (χ3n) is 2.83. The largest absolute Gasteiger partial charge is 0.310 e. The average Bonchev–Trinajstić information content (AvgIpc) is 2.11. The van der Waals surface area contributed by atoms with E-state index in [0.29, 0.717) is 12.6 Å². The molecule has 0 spiro atoms. The van der Waals surface area contributed by atoms with Crippen LogP contribution in [0, 0.1) is 11.2 Å². The van der Waals surface area contributed by atoms with E-state index >= 15 is 0 Å². The van der Waals surface area contributed by atoms with Crippen molar-refractivity contribution in [1.82, 2.24) is 5.32 Å². The summed E-state index contributed by atoms with van der Waals surface area (Å²) >= 11 is 3.29. The van der Waals surface area contributed by atoms with Crippen LogP contribution in [0.4, 0.5) is 4.39 Å². The van der Waals surface area contributed by atoms with Crippen molar-refractivity contribution >= 4 is 15.9 Å². The first-order valence-electron chi connectivity index (χ1n) is 5.47. The molecule has 1 nitrogen and oxygen atoms in total. The summed E-state index contributed by atoms with van der Waals surface area (Å²) in [7, 11) is 0. The van der Waals surface area contributed by atoms with Crippen LogP contribution in [0.5, 0.6) is 0 Å². The van der Waals surface area contributed by atoms with Gasteiger partial charge in [0.1, 0.15) is 5.82 Å². The maximum atomic E-state index is 13.1. The van der Waals surface area contributed by atoms with E-state index in [1.165, 1.54) is 6.07 Å². The molecule has 1 unspecified atom stereocenters. The van der Waals surface area contributed by atoms with Gasteiger partial charge in [-0.25, -0.2) is 4.39 Å². The van der Waals surface area contributed by atoms with Crippen LogP contribution >= 0.6 is 15.9 Å². The minimum atomic E-state index is -0.199. The smallest absolute Gasteiger partial charge is 0.124 e. The van der Waals surface area contributed by atoms with E-state index in [1.54, 1.807) is 6.07 Å². The lowest BCUT2D eigenvalue weighted by atomic mass is 9.88. The van der Waals surface area contributed by atoms with E-state index in [4.69, 9.17) is 0 Å². The summed E-state index contributed by atoms with van der Waals surface area (Å²) < 4.78 is 13.9. The molecule has 16 heavy (non-hydrogen) atoms. The van der Waals surface area contributed by atoms with Crippen molar-refractivity contribution in [3.8, 4) is 0 Å². The molecule has 0 heterocycles. The lowest BCUT2D eigenvalue weighted by molar-refractivity contribution is 0.285. The molecule has 0 bridgehead atoms. The zero-order valence-electron chi connectivity index (χ0n) is 10.3. The molecule has 0 fully saturated rings. The molecule has 3 heteroatoms. The first-order valence-corrected chi connectivity index (χ1v) is 6.26. The van der Waals surface area contributed by atoms with Gasteiger partial charge >= 0.3 is 0 Å². The molecular formula is C13H19BrFN. The van der Waals surface area contributed by atoms with Crippen LogP contribution in [0.3, 0.4) is 0 Å². The topological polar surface area (TPSA) is 12.0 Å². The standard InChI is InChI=1S/C13H19BrFN/c1-9(13(2,3)4)16-8-10-5-11(14)7-12(15)6-10/h5-7,9,16H,8H2,1-4H3. The fourth-order valence-electron chi connectivity index (χ4n) is 1.29. The highest BCUT2D eigenvalue weighted by Crippen LogP contribution is 2.20. The zero-order valence-corrected chi connectivity index (χ0v) is 11.9. The van der Waals surface area contributed by atoms with Crippen LogP contribution in [0.2, 0.25) is 0 Å². The highest BCUT2D eigenvalue weighted by Gasteiger charge is 2.19. The Morgan fingerprint density at radius 1 is 1.31 bits per heavy atom. The normalized spacial score (nSPS) is 13.9. The van der Waals surface area contributed by atoms with E-state index < -0.39 is 0 Å². The quantitative estimate of drug-likeness (QED) is 0.882. The molecule has 0 aliphatic carbocycles. The van der Waals surface area contributed by atoms with Crippen molar-refractivity contribution in [2.75, 3.05) is 0 Å². The van der Waals surface area contributed by atoms with Gasteiger partial charge in [0.2, 0.25) is 0 Å². The number of benzene rings is 1. The molecule has 1 atom stereocenters. The van der Waals surface area contributed by atoms with E-state index in [2.05, 4.69) is 48.9 Å². The van der Waals surface area contributed by atoms with Crippen molar-refractivity contribution < 1.29 is 4.39 Å². The van der Waals surface area contributed by atoms with Crippen LogP contribution in [0.1, 0.15) is 33.3 Å². The summed E-state index contributed by atoms with van der Waals surface area (Å²) in [6, 6.07) is 5.35. The molecule has 0 radical (unpaired) electrons. The lowest BCUT2D eigenvalue weighted by Gasteiger charge is -2.28. The Bertz CT molecular complexity index is 337.